The molecule has 0 N–H and O–H groups in total. The van der Waals surface area contributed by atoms with Crippen LogP contribution in [0.1, 0.15) is 5.69 Å². The molecule has 0 radical (unpaired) electrons. The van der Waals surface area contributed by atoms with E-state index in [1.165, 1.54) is 5.56 Å². The second-order valence-electron chi connectivity index (χ2n) is 3.96. The van der Waals surface area contributed by atoms with Gasteiger partial charge in [0.15, 0.2) is 5.65 Å². The summed E-state index contributed by atoms with van der Waals surface area (Å²) in [4.78, 5) is 4.61. The zero-order valence-corrected chi connectivity index (χ0v) is 11.0. The second-order valence-corrected chi connectivity index (χ2v) is 4.82. The largest absolute Gasteiger partial charge is 0.298 e. The molecule has 3 heteroatoms. The van der Waals surface area contributed by atoms with Crippen molar-refractivity contribution in [2.24, 2.45) is 0 Å². The van der Waals surface area contributed by atoms with Crippen LogP contribution in [0.3, 0.4) is 0 Å². The fourth-order valence-corrected chi connectivity index (χ4v) is 2.52. The van der Waals surface area contributed by atoms with E-state index in [9.17, 15) is 0 Å². The molecule has 0 bridgehead atoms. The van der Waals surface area contributed by atoms with Gasteiger partial charge in [0.05, 0.1) is 15.9 Å². The number of imidazole rings is 1. The molecule has 0 aliphatic heterocycles. The fraction of sp³-hybridized carbons (Fsp3) is 0.0714. The van der Waals surface area contributed by atoms with Gasteiger partial charge in [0.25, 0.3) is 0 Å². The smallest absolute Gasteiger partial charge is 0.151 e. The Kier molecular flexibility index (Phi) is 2.48. The van der Waals surface area contributed by atoms with Crippen LogP contribution >= 0.6 is 15.9 Å². The van der Waals surface area contributed by atoms with Crippen LogP contribution in [0.4, 0.5) is 0 Å². The number of halogens is 1. The molecule has 0 saturated heterocycles. The Labute approximate surface area is 108 Å². The maximum Gasteiger partial charge on any atom is 0.151 e. The van der Waals surface area contributed by atoms with Crippen molar-refractivity contribution in [1.82, 2.24) is 9.38 Å². The van der Waals surface area contributed by atoms with Crippen LogP contribution in [-0.4, -0.2) is 9.38 Å². The standard InChI is InChI=1S/C14H11BrN2/c1-10-13(11-6-3-2-4-7-11)17-9-5-8-12(15)14(17)16-10/h2-9H,1H3. The van der Waals surface area contributed by atoms with Gasteiger partial charge in [-0.05, 0) is 35.0 Å². The molecule has 2 aromatic heterocycles. The maximum absolute atomic E-state index is 4.61. The summed E-state index contributed by atoms with van der Waals surface area (Å²) in [6.07, 6.45) is 2.04. The topological polar surface area (TPSA) is 17.3 Å². The highest BCUT2D eigenvalue weighted by atomic mass is 79.9. The quantitative estimate of drug-likeness (QED) is 0.659. The molecule has 0 aliphatic rings. The van der Waals surface area contributed by atoms with E-state index in [4.69, 9.17) is 0 Å². The molecule has 1 aromatic carbocycles. The highest BCUT2D eigenvalue weighted by molar-refractivity contribution is 9.10. The lowest BCUT2D eigenvalue weighted by Gasteiger charge is -2.03. The van der Waals surface area contributed by atoms with Gasteiger partial charge in [0.2, 0.25) is 0 Å². The summed E-state index contributed by atoms with van der Waals surface area (Å²) in [6.45, 7) is 2.04. The number of nitrogens with zero attached hydrogens (tertiary/aromatic N) is 2. The van der Waals surface area contributed by atoms with E-state index in [1.807, 2.05) is 43.5 Å². The minimum absolute atomic E-state index is 0.962. The van der Waals surface area contributed by atoms with E-state index in [-0.39, 0.29) is 0 Å². The Morgan fingerprint density at radius 1 is 1.06 bits per heavy atom. The highest BCUT2D eigenvalue weighted by Gasteiger charge is 2.11. The molecule has 84 valence electrons. The van der Waals surface area contributed by atoms with Crippen molar-refractivity contribution < 1.29 is 0 Å². The van der Waals surface area contributed by atoms with E-state index in [0.29, 0.717) is 0 Å². The first-order valence-electron chi connectivity index (χ1n) is 5.46. The number of aromatic nitrogens is 2. The van der Waals surface area contributed by atoms with Crippen molar-refractivity contribution in [1.29, 1.82) is 0 Å². The number of benzene rings is 1. The average molecular weight is 287 g/mol. The zero-order chi connectivity index (χ0) is 11.8. The van der Waals surface area contributed by atoms with Crippen LogP contribution in [0.15, 0.2) is 53.1 Å². The van der Waals surface area contributed by atoms with E-state index >= 15 is 0 Å². The number of hydrogen-bond acceptors (Lipinski definition) is 1. The molecule has 3 aromatic rings. The van der Waals surface area contributed by atoms with Gasteiger partial charge in [-0.3, -0.25) is 4.40 Å². The molecule has 2 nitrogen and oxygen atoms in total. The number of fused-ring (bicyclic) bond motifs is 1. The highest BCUT2D eigenvalue weighted by Crippen LogP contribution is 2.27. The number of aryl methyl sites for hydroxylation is 1. The third-order valence-corrected chi connectivity index (χ3v) is 3.44. The van der Waals surface area contributed by atoms with E-state index in [0.717, 1.165) is 21.5 Å². The molecule has 3 rings (SSSR count). The van der Waals surface area contributed by atoms with Gasteiger partial charge < -0.3 is 0 Å². The van der Waals surface area contributed by atoms with E-state index in [2.05, 4.69) is 37.4 Å². The molecule has 0 fully saturated rings. The molecular weight excluding hydrogens is 276 g/mol. The lowest BCUT2D eigenvalue weighted by atomic mass is 10.1. The van der Waals surface area contributed by atoms with Gasteiger partial charge in [-0.15, -0.1) is 0 Å². The van der Waals surface area contributed by atoms with Crippen molar-refractivity contribution >= 4 is 21.6 Å². The Bertz CT molecular complexity index is 671. The number of pyridine rings is 1. The Morgan fingerprint density at radius 3 is 2.59 bits per heavy atom. The predicted octanol–water partition coefficient (Wildman–Crippen LogP) is 4.07. The molecule has 2 heterocycles. The zero-order valence-electron chi connectivity index (χ0n) is 9.39. The van der Waals surface area contributed by atoms with E-state index < -0.39 is 0 Å². The van der Waals surface area contributed by atoms with Crippen LogP contribution < -0.4 is 0 Å². The third kappa shape index (κ3) is 1.67. The van der Waals surface area contributed by atoms with Crippen LogP contribution in [-0.2, 0) is 0 Å². The lowest BCUT2D eigenvalue weighted by molar-refractivity contribution is 1.18. The van der Waals surface area contributed by atoms with Gasteiger partial charge in [0, 0.05) is 11.8 Å². The SMILES string of the molecule is Cc1nc2c(Br)cccn2c1-c1ccccc1. The Balaban J connectivity index is 2.37. The first-order valence-corrected chi connectivity index (χ1v) is 6.25. The minimum atomic E-state index is 0.962. The normalized spacial score (nSPS) is 10.9. The summed E-state index contributed by atoms with van der Waals surface area (Å²) >= 11 is 3.53. The molecule has 0 atom stereocenters. The van der Waals surface area contributed by atoms with Gasteiger partial charge >= 0.3 is 0 Å². The molecule has 0 aliphatic carbocycles. The summed E-state index contributed by atoms with van der Waals surface area (Å²) < 4.78 is 3.14. The molecule has 0 unspecified atom stereocenters. The predicted molar refractivity (Wildman–Crippen MR) is 73.1 cm³/mol. The molecule has 0 amide bonds. The van der Waals surface area contributed by atoms with Crippen LogP contribution in [0, 0.1) is 6.92 Å². The summed E-state index contributed by atoms with van der Waals surface area (Å²) in [5.74, 6) is 0. The average Bonchev–Trinajstić information content (AvgIpc) is 2.68. The van der Waals surface area contributed by atoms with Gasteiger partial charge in [0.1, 0.15) is 0 Å². The van der Waals surface area contributed by atoms with Crippen molar-refractivity contribution in [3.8, 4) is 11.3 Å². The monoisotopic (exact) mass is 286 g/mol. The van der Waals surface area contributed by atoms with Crippen LogP contribution in [0.2, 0.25) is 0 Å². The first-order chi connectivity index (χ1) is 8.27. The second kappa shape index (κ2) is 4.00. The summed E-state index contributed by atoms with van der Waals surface area (Å²) in [6, 6.07) is 14.4. The summed E-state index contributed by atoms with van der Waals surface area (Å²) in [5.41, 5.74) is 4.35. The fourth-order valence-electron chi connectivity index (χ4n) is 2.09. The maximum atomic E-state index is 4.61. The summed E-state index contributed by atoms with van der Waals surface area (Å²) in [7, 11) is 0. The van der Waals surface area contributed by atoms with Gasteiger partial charge in [-0.25, -0.2) is 4.98 Å². The van der Waals surface area contributed by atoms with E-state index in [1.54, 1.807) is 0 Å². The number of hydrogen-bond donors (Lipinski definition) is 0. The molecule has 0 saturated carbocycles. The van der Waals surface area contributed by atoms with Crippen LogP contribution in [0.5, 0.6) is 0 Å². The summed E-state index contributed by atoms with van der Waals surface area (Å²) in [5, 5.41) is 0. The number of rotatable bonds is 1. The van der Waals surface area contributed by atoms with Crippen molar-refractivity contribution in [2.45, 2.75) is 6.92 Å². The van der Waals surface area contributed by atoms with Crippen molar-refractivity contribution in [3.05, 3.63) is 58.8 Å². The van der Waals surface area contributed by atoms with Crippen molar-refractivity contribution in [2.75, 3.05) is 0 Å². The first kappa shape index (κ1) is 10.5. The lowest BCUT2D eigenvalue weighted by Crippen LogP contribution is -1.88. The van der Waals surface area contributed by atoms with Gasteiger partial charge in [-0.2, -0.15) is 0 Å². The van der Waals surface area contributed by atoms with Gasteiger partial charge in [-0.1, -0.05) is 30.3 Å². The van der Waals surface area contributed by atoms with Crippen molar-refractivity contribution in [3.63, 3.8) is 0 Å². The Hall–Kier alpha value is -1.61. The minimum Gasteiger partial charge on any atom is -0.298 e. The van der Waals surface area contributed by atoms with Crippen LogP contribution in [0.25, 0.3) is 16.9 Å². The Morgan fingerprint density at radius 2 is 1.82 bits per heavy atom. The molecule has 17 heavy (non-hydrogen) atoms. The molecular formula is C14H11BrN2. The third-order valence-electron chi connectivity index (χ3n) is 2.82. The molecule has 0 spiro atoms.